The number of aromatic hydroxyl groups is 1. The minimum Gasteiger partial charge on any atom is -1.00 e. The maximum Gasteiger partial charge on any atom is 1.00 e. The first-order chi connectivity index (χ1) is 6.43. The van der Waals surface area contributed by atoms with Gasteiger partial charge in [0, 0.05) is 0 Å². The normalized spacial score (nSPS) is 10.6. The Hall–Kier alpha value is -0.0500. The number of phenols is 1. The number of hydrogen-bond acceptors (Lipinski definition) is 1. The SMILES string of the molecule is CC(C)c1cc(F)cc(C(C)C)c1O.[H-].[Na+]. The van der Waals surface area contributed by atoms with E-state index in [-0.39, 0.29) is 54.4 Å². The average molecular weight is 220 g/mol. The van der Waals surface area contributed by atoms with E-state index in [2.05, 4.69) is 0 Å². The maximum atomic E-state index is 13.2. The molecule has 0 fully saturated rings. The molecule has 0 radical (unpaired) electrons. The zero-order chi connectivity index (χ0) is 10.9. The van der Waals surface area contributed by atoms with E-state index in [1.54, 1.807) is 0 Å². The van der Waals surface area contributed by atoms with Crippen molar-refractivity contribution in [1.29, 1.82) is 0 Å². The molecule has 0 amide bonds. The van der Waals surface area contributed by atoms with Gasteiger partial charge in [0.25, 0.3) is 0 Å². The summed E-state index contributed by atoms with van der Waals surface area (Å²) in [7, 11) is 0. The molecule has 80 valence electrons. The number of rotatable bonds is 2. The summed E-state index contributed by atoms with van der Waals surface area (Å²) in [6, 6.07) is 2.82. The molecule has 0 atom stereocenters. The van der Waals surface area contributed by atoms with Crippen LogP contribution >= 0.6 is 0 Å². The molecule has 3 heteroatoms. The van der Waals surface area contributed by atoms with E-state index in [1.807, 2.05) is 27.7 Å². The molecule has 1 nitrogen and oxygen atoms in total. The van der Waals surface area contributed by atoms with Gasteiger partial charge in [0.15, 0.2) is 0 Å². The Labute approximate surface area is 114 Å². The Morgan fingerprint density at radius 3 is 1.67 bits per heavy atom. The third-order valence-electron chi connectivity index (χ3n) is 2.38. The van der Waals surface area contributed by atoms with Crippen LogP contribution in [0.2, 0.25) is 0 Å². The van der Waals surface area contributed by atoms with Crippen LogP contribution < -0.4 is 29.6 Å². The van der Waals surface area contributed by atoms with Crippen LogP contribution in [0.5, 0.6) is 5.75 Å². The molecule has 1 aromatic rings. The molecular weight excluding hydrogens is 202 g/mol. The molecule has 0 heterocycles. The van der Waals surface area contributed by atoms with Crippen LogP contribution in [0, 0.1) is 5.82 Å². The molecule has 0 aliphatic carbocycles. The Morgan fingerprint density at radius 1 is 1.07 bits per heavy atom. The van der Waals surface area contributed by atoms with E-state index < -0.39 is 0 Å². The van der Waals surface area contributed by atoms with Crippen molar-refractivity contribution in [2.24, 2.45) is 0 Å². The van der Waals surface area contributed by atoms with Gasteiger partial charge in [-0.1, -0.05) is 27.7 Å². The van der Waals surface area contributed by atoms with Crippen LogP contribution in [0.15, 0.2) is 12.1 Å². The van der Waals surface area contributed by atoms with E-state index in [4.69, 9.17) is 0 Å². The molecule has 0 spiro atoms. The van der Waals surface area contributed by atoms with Crippen LogP contribution in [0.1, 0.15) is 52.1 Å². The fraction of sp³-hybridized carbons (Fsp3) is 0.500. The molecule has 0 aliphatic heterocycles. The quantitative estimate of drug-likeness (QED) is 0.734. The zero-order valence-corrected chi connectivity index (χ0v) is 12.1. The molecule has 0 unspecified atom stereocenters. The predicted molar refractivity (Wildman–Crippen MR) is 57.4 cm³/mol. The third-order valence-corrected chi connectivity index (χ3v) is 2.38. The third kappa shape index (κ3) is 3.47. The van der Waals surface area contributed by atoms with Gasteiger partial charge in [-0.15, -0.1) is 0 Å². The number of hydrogen-bond donors (Lipinski definition) is 1. The Morgan fingerprint density at radius 2 is 1.40 bits per heavy atom. The summed E-state index contributed by atoms with van der Waals surface area (Å²) in [4.78, 5) is 0. The minimum atomic E-state index is -0.268. The summed E-state index contributed by atoms with van der Waals surface area (Å²) in [5.41, 5.74) is 1.38. The zero-order valence-electron chi connectivity index (χ0n) is 11.1. The largest absolute Gasteiger partial charge is 1.00 e. The molecular formula is C12H18FNaO. The van der Waals surface area contributed by atoms with Crippen molar-refractivity contribution >= 4 is 0 Å². The first-order valence-electron chi connectivity index (χ1n) is 4.95. The summed E-state index contributed by atoms with van der Waals surface area (Å²) >= 11 is 0. The van der Waals surface area contributed by atoms with Crippen LogP contribution in [0.3, 0.4) is 0 Å². The Bertz CT molecular complexity index is 311. The molecule has 1 aromatic carbocycles. The second-order valence-corrected chi connectivity index (χ2v) is 4.24. The van der Waals surface area contributed by atoms with Gasteiger partial charge in [-0.05, 0) is 35.1 Å². The summed E-state index contributed by atoms with van der Waals surface area (Å²) in [5, 5.41) is 9.89. The molecule has 1 rings (SSSR count). The maximum absolute atomic E-state index is 13.2. The number of halogens is 1. The standard InChI is InChI=1S/C12H17FO.Na.H/c1-7(2)10-5-9(13)6-11(8(3)4)12(10)14;;/h5-8,14H,1-4H3;;/q;+1;-1. The molecule has 0 saturated heterocycles. The van der Waals surface area contributed by atoms with Gasteiger partial charge < -0.3 is 6.53 Å². The van der Waals surface area contributed by atoms with Crippen molar-refractivity contribution in [1.82, 2.24) is 0 Å². The van der Waals surface area contributed by atoms with Gasteiger partial charge in [-0.3, -0.25) is 0 Å². The topological polar surface area (TPSA) is 20.2 Å². The van der Waals surface area contributed by atoms with E-state index in [0.29, 0.717) is 11.1 Å². The molecule has 0 aromatic heterocycles. The fourth-order valence-corrected chi connectivity index (χ4v) is 1.52. The number of phenolic OH excluding ortho intramolecular Hbond substituents is 1. The smallest absolute Gasteiger partial charge is 1.00 e. The Balaban J connectivity index is 0. The first kappa shape index (κ1) is 14.9. The van der Waals surface area contributed by atoms with Crippen molar-refractivity contribution in [3.63, 3.8) is 0 Å². The first-order valence-corrected chi connectivity index (χ1v) is 4.95. The van der Waals surface area contributed by atoms with Crippen LogP contribution in [0.4, 0.5) is 4.39 Å². The van der Waals surface area contributed by atoms with Gasteiger partial charge in [-0.2, -0.15) is 0 Å². The van der Waals surface area contributed by atoms with Crippen LogP contribution in [0.25, 0.3) is 0 Å². The molecule has 0 bridgehead atoms. The van der Waals surface area contributed by atoms with Gasteiger partial charge in [0.1, 0.15) is 11.6 Å². The second-order valence-electron chi connectivity index (χ2n) is 4.24. The van der Waals surface area contributed by atoms with Crippen LogP contribution in [-0.2, 0) is 0 Å². The molecule has 1 N–H and O–H groups in total. The van der Waals surface area contributed by atoms with E-state index in [1.165, 1.54) is 12.1 Å². The summed E-state index contributed by atoms with van der Waals surface area (Å²) < 4.78 is 13.2. The second kappa shape index (κ2) is 5.88. The van der Waals surface area contributed by atoms with Gasteiger partial charge in [-0.25, -0.2) is 4.39 Å². The van der Waals surface area contributed by atoms with Crippen molar-refractivity contribution < 1.29 is 40.5 Å². The van der Waals surface area contributed by atoms with Gasteiger partial charge in [0.2, 0.25) is 0 Å². The summed E-state index contributed by atoms with van der Waals surface area (Å²) in [5.74, 6) is 0.262. The van der Waals surface area contributed by atoms with E-state index in [0.717, 1.165) is 0 Å². The predicted octanol–water partition coefficient (Wildman–Crippen LogP) is 0.895. The fourth-order valence-electron chi connectivity index (χ4n) is 1.52. The molecule has 15 heavy (non-hydrogen) atoms. The number of benzene rings is 1. The average Bonchev–Trinajstić information content (AvgIpc) is 2.07. The summed E-state index contributed by atoms with van der Waals surface area (Å²) in [6.07, 6.45) is 0. The van der Waals surface area contributed by atoms with Gasteiger partial charge in [0.05, 0.1) is 0 Å². The molecule has 0 aliphatic rings. The van der Waals surface area contributed by atoms with Crippen LogP contribution in [-0.4, -0.2) is 5.11 Å². The summed E-state index contributed by atoms with van der Waals surface area (Å²) in [6.45, 7) is 7.77. The van der Waals surface area contributed by atoms with Gasteiger partial charge >= 0.3 is 29.6 Å². The van der Waals surface area contributed by atoms with Crippen molar-refractivity contribution in [2.45, 2.75) is 39.5 Å². The molecule has 0 saturated carbocycles. The van der Waals surface area contributed by atoms with Crippen molar-refractivity contribution in [3.8, 4) is 5.75 Å². The minimum absolute atomic E-state index is 0. The van der Waals surface area contributed by atoms with Crippen molar-refractivity contribution in [3.05, 3.63) is 29.1 Å². The van der Waals surface area contributed by atoms with E-state index >= 15 is 0 Å². The Kier molecular flexibility index (Phi) is 5.86. The monoisotopic (exact) mass is 220 g/mol. The van der Waals surface area contributed by atoms with Crippen molar-refractivity contribution in [2.75, 3.05) is 0 Å². The van der Waals surface area contributed by atoms with E-state index in [9.17, 15) is 9.50 Å².